The summed E-state index contributed by atoms with van der Waals surface area (Å²) in [5.41, 5.74) is 1.31. The maximum Gasteiger partial charge on any atom is 0.311 e. The molecule has 1 heterocycles. The number of amides is 3. The summed E-state index contributed by atoms with van der Waals surface area (Å²) in [5, 5.41) is 2.17. The molecule has 0 bridgehead atoms. The van der Waals surface area contributed by atoms with Crippen molar-refractivity contribution in [2.75, 3.05) is 13.2 Å². The molecule has 7 nitrogen and oxygen atoms in total. The summed E-state index contributed by atoms with van der Waals surface area (Å²) >= 11 is 0. The fraction of sp³-hybridized carbons (Fsp3) is 0.273. The molecule has 3 amide bonds. The van der Waals surface area contributed by atoms with Crippen molar-refractivity contribution in [3.05, 3.63) is 71.8 Å². The van der Waals surface area contributed by atoms with E-state index in [2.05, 4.69) is 5.32 Å². The fourth-order valence-corrected chi connectivity index (χ4v) is 3.25. The van der Waals surface area contributed by atoms with Crippen LogP contribution >= 0.6 is 0 Å². The number of hydrogen-bond acceptors (Lipinski definition) is 5. The fourth-order valence-electron chi connectivity index (χ4n) is 3.25. The Balaban J connectivity index is 1.49. The zero-order valence-electron chi connectivity index (χ0n) is 16.0. The molecule has 0 aliphatic carbocycles. The van der Waals surface area contributed by atoms with E-state index in [0.717, 1.165) is 5.56 Å². The molecule has 1 N–H and O–H groups in total. The Hall–Kier alpha value is -3.48. The zero-order valence-corrected chi connectivity index (χ0v) is 16.0. The average molecular weight is 394 g/mol. The van der Waals surface area contributed by atoms with E-state index in [9.17, 15) is 19.2 Å². The number of rotatable bonds is 6. The van der Waals surface area contributed by atoms with Crippen LogP contribution < -0.4 is 5.32 Å². The Morgan fingerprint density at radius 2 is 1.69 bits per heavy atom. The van der Waals surface area contributed by atoms with E-state index in [1.54, 1.807) is 35.2 Å². The highest BCUT2D eigenvalue weighted by atomic mass is 16.5. The summed E-state index contributed by atoms with van der Waals surface area (Å²) < 4.78 is 5.02. The third kappa shape index (κ3) is 5.07. The maximum absolute atomic E-state index is 12.3. The molecule has 7 heteroatoms. The molecule has 1 aliphatic rings. The van der Waals surface area contributed by atoms with E-state index in [1.807, 2.05) is 37.3 Å². The number of likely N-dealkylation sites (tertiary alicyclic amines) is 1. The molecule has 0 saturated carbocycles. The second kappa shape index (κ2) is 9.14. The van der Waals surface area contributed by atoms with Crippen LogP contribution in [-0.4, -0.2) is 41.7 Å². The van der Waals surface area contributed by atoms with Crippen molar-refractivity contribution in [3.63, 3.8) is 0 Å². The summed E-state index contributed by atoms with van der Waals surface area (Å²) in [6.07, 6.45) is 0.0422. The third-order valence-electron chi connectivity index (χ3n) is 4.88. The number of carbonyl (C=O) groups excluding carboxylic acids is 4. The van der Waals surface area contributed by atoms with Gasteiger partial charge in [-0.15, -0.1) is 0 Å². The van der Waals surface area contributed by atoms with Gasteiger partial charge in [0.1, 0.15) is 0 Å². The molecule has 3 rings (SSSR count). The minimum Gasteiger partial charge on any atom is -0.455 e. The Labute approximate surface area is 168 Å². The van der Waals surface area contributed by atoms with Crippen molar-refractivity contribution in [2.24, 2.45) is 5.92 Å². The van der Waals surface area contributed by atoms with E-state index in [4.69, 9.17) is 4.74 Å². The zero-order chi connectivity index (χ0) is 20.8. The number of imide groups is 1. The van der Waals surface area contributed by atoms with Gasteiger partial charge < -0.3 is 9.64 Å². The lowest BCUT2D eigenvalue weighted by Crippen LogP contribution is -2.35. The summed E-state index contributed by atoms with van der Waals surface area (Å²) in [5.74, 6) is -2.67. The van der Waals surface area contributed by atoms with Crippen LogP contribution in [0.3, 0.4) is 0 Å². The van der Waals surface area contributed by atoms with Crippen LogP contribution in [0.25, 0.3) is 0 Å². The van der Waals surface area contributed by atoms with Crippen molar-refractivity contribution < 1.29 is 23.9 Å². The first-order chi connectivity index (χ1) is 14.0. The molecule has 150 valence electrons. The molecule has 0 aromatic heterocycles. The molecule has 0 unspecified atom stereocenters. The van der Waals surface area contributed by atoms with E-state index in [-0.39, 0.29) is 24.9 Å². The number of nitrogens with zero attached hydrogens (tertiary/aromatic N) is 1. The first-order valence-electron chi connectivity index (χ1n) is 9.36. The van der Waals surface area contributed by atoms with Crippen LogP contribution in [0, 0.1) is 5.92 Å². The van der Waals surface area contributed by atoms with Crippen LogP contribution in [-0.2, 0) is 19.1 Å². The lowest BCUT2D eigenvalue weighted by molar-refractivity contribution is -0.152. The summed E-state index contributed by atoms with van der Waals surface area (Å²) in [4.78, 5) is 50.1. The summed E-state index contributed by atoms with van der Waals surface area (Å²) in [6.45, 7) is 1.57. The second-order valence-electron chi connectivity index (χ2n) is 6.88. The molecule has 2 atom stereocenters. The molecule has 0 radical (unpaired) electrons. The topological polar surface area (TPSA) is 92.8 Å². The van der Waals surface area contributed by atoms with Crippen LogP contribution in [0.15, 0.2) is 60.7 Å². The van der Waals surface area contributed by atoms with Gasteiger partial charge in [-0.2, -0.15) is 0 Å². The number of esters is 1. The van der Waals surface area contributed by atoms with Crippen LogP contribution in [0.5, 0.6) is 0 Å². The first kappa shape index (κ1) is 20.3. The smallest absolute Gasteiger partial charge is 0.311 e. The molecule has 1 saturated heterocycles. The van der Waals surface area contributed by atoms with E-state index in [1.165, 1.54) is 0 Å². The highest BCUT2D eigenvalue weighted by Gasteiger charge is 2.38. The first-order valence-corrected chi connectivity index (χ1v) is 9.36. The largest absolute Gasteiger partial charge is 0.455 e. The van der Waals surface area contributed by atoms with Crippen LogP contribution in [0.2, 0.25) is 0 Å². The van der Waals surface area contributed by atoms with Gasteiger partial charge in [0.25, 0.3) is 11.8 Å². The normalized spacial score (nSPS) is 16.9. The van der Waals surface area contributed by atoms with Gasteiger partial charge in [0.05, 0.1) is 12.0 Å². The van der Waals surface area contributed by atoms with Gasteiger partial charge in [0, 0.05) is 18.5 Å². The molecule has 1 fully saturated rings. The predicted molar refractivity (Wildman–Crippen MR) is 105 cm³/mol. The van der Waals surface area contributed by atoms with Crippen molar-refractivity contribution in [3.8, 4) is 0 Å². The van der Waals surface area contributed by atoms with Gasteiger partial charge in [-0.1, -0.05) is 48.5 Å². The Bertz CT molecular complexity index is 898. The lowest BCUT2D eigenvalue weighted by atomic mass is 10.1. The molecule has 0 spiro atoms. The molecule has 1 aliphatic heterocycles. The lowest BCUT2D eigenvalue weighted by Gasteiger charge is -2.25. The third-order valence-corrected chi connectivity index (χ3v) is 4.88. The Morgan fingerprint density at radius 3 is 2.34 bits per heavy atom. The average Bonchev–Trinajstić information content (AvgIpc) is 3.14. The van der Waals surface area contributed by atoms with Crippen LogP contribution in [0.4, 0.5) is 0 Å². The predicted octanol–water partition coefficient (Wildman–Crippen LogP) is 2.10. The van der Waals surface area contributed by atoms with E-state index in [0.29, 0.717) is 5.56 Å². The number of benzene rings is 2. The van der Waals surface area contributed by atoms with Crippen molar-refractivity contribution in [1.29, 1.82) is 0 Å². The highest BCUT2D eigenvalue weighted by molar-refractivity contribution is 6.05. The molecule has 29 heavy (non-hydrogen) atoms. The van der Waals surface area contributed by atoms with E-state index >= 15 is 0 Å². The second-order valence-corrected chi connectivity index (χ2v) is 6.88. The minimum absolute atomic E-state index is 0.0422. The summed E-state index contributed by atoms with van der Waals surface area (Å²) in [7, 11) is 0. The standard InChI is InChI=1S/C22H22N2O5/c1-15(16-8-4-2-5-9-16)24-13-18(12-20(24)26)22(28)29-14-19(25)23-21(27)17-10-6-3-7-11-17/h2-11,15,18H,12-14H2,1H3,(H,23,25,27)/t15-,18+/m0/s1. The van der Waals surface area contributed by atoms with Gasteiger partial charge in [-0.3, -0.25) is 24.5 Å². The Morgan fingerprint density at radius 1 is 1.07 bits per heavy atom. The van der Waals surface area contributed by atoms with Gasteiger partial charge in [0.2, 0.25) is 5.91 Å². The number of hydrogen-bond donors (Lipinski definition) is 1. The van der Waals surface area contributed by atoms with Gasteiger partial charge >= 0.3 is 5.97 Å². The van der Waals surface area contributed by atoms with Crippen LogP contribution in [0.1, 0.15) is 35.3 Å². The SMILES string of the molecule is C[C@@H](c1ccccc1)N1C[C@H](C(=O)OCC(=O)NC(=O)c2ccccc2)CC1=O. The molecular formula is C22H22N2O5. The number of nitrogens with one attached hydrogen (secondary N) is 1. The minimum atomic E-state index is -0.717. The van der Waals surface area contributed by atoms with E-state index < -0.39 is 30.3 Å². The number of ether oxygens (including phenoxy) is 1. The molecule has 2 aromatic carbocycles. The molecular weight excluding hydrogens is 372 g/mol. The number of carbonyl (C=O) groups is 4. The monoisotopic (exact) mass is 394 g/mol. The van der Waals surface area contributed by atoms with Crippen molar-refractivity contribution >= 4 is 23.7 Å². The maximum atomic E-state index is 12.3. The van der Waals surface area contributed by atoms with Crippen molar-refractivity contribution in [1.82, 2.24) is 10.2 Å². The van der Waals surface area contributed by atoms with Gasteiger partial charge in [-0.05, 0) is 24.6 Å². The quantitative estimate of drug-likeness (QED) is 0.758. The molecule has 2 aromatic rings. The van der Waals surface area contributed by atoms with Gasteiger partial charge in [-0.25, -0.2) is 0 Å². The van der Waals surface area contributed by atoms with Gasteiger partial charge in [0.15, 0.2) is 6.61 Å². The summed E-state index contributed by atoms with van der Waals surface area (Å²) in [6, 6.07) is 17.6. The van der Waals surface area contributed by atoms with Crippen molar-refractivity contribution in [2.45, 2.75) is 19.4 Å². The Kier molecular flexibility index (Phi) is 6.39. The highest BCUT2D eigenvalue weighted by Crippen LogP contribution is 2.28.